The second-order valence-electron chi connectivity index (χ2n) is 17.7. The average molecular weight is 1030 g/mol. The van der Waals surface area contributed by atoms with Gasteiger partial charge in [-0.25, -0.2) is 0 Å². The van der Waals surface area contributed by atoms with Crippen molar-refractivity contribution in [1.82, 2.24) is 0 Å². The summed E-state index contributed by atoms with van der Waals surface area (Å²) in [6.07, 6.45) is 12.1. The van der Waals surface area contributed by atoms with Crippen molar-refractivity contribution >= 4 is 116 Å². The van der Waals surface area contributed by atoms with E-state index in [9.17, 15) is 21.0 Å². The van der Waals surface area contributed by atoms with Crippen molar-refractivity contribution in [3.8, 4) is 43.8 Å². The highest BCUT2D eigenvalue weighted by molar-refractivity contribution is 7.24. The zero-order valence-corrected chi connectivity index (χ0v) is 43.0. The molecular weight excluding hydrogens is 993 g/mol. The molecule has 6 aromatic carbocycles. The Labute approximate surface area is 451 Å². The summed E-state index contributed by atoms with van der Waals surface area (Å²) in [7, 11) is 0. The van der Waals surface area contributed by atoms with Gasteiger partial charge in [-0.3, -0.25) is 0 Å². The first-order valence-electron chi connectivity index (χ1n) is 23.9. The van der Waals surface area contributed by atoms with Crippen LogP contribution >= 0.6 is 45.3 Å². The molecule has 0 N–H and O–H groups in total. The van der Waals surface area contributed by atoms with E-state index in [0.29, 0.717) is 0 Å². The molecule has 0 radical (unpaired) electrons. The third-order valence-electron chi connectivity index (χ3n) is 13.3. The summed E-state index contributed by atoms with van der Waals surface area (Å²) in [5, 5.41) is 39.4. The van der Waals surface area contributed by atoms with Gasteiger partial charge in [-0.05, 0) is 155 Å². The first-order valence-corrected chi connectivity index (χ1v) is 27.2. The lowest BCUT2D eigenvalue weighted by Gasteiger charge is -2.27. The molecule has 0 atom stereocenters. The van der Waals surface area contributed by atoms with E-state index in [1.54, 1.807) is 57.5 Å². The Morgan fingerprint density at radius 2 is 0.600 bits per heavy atom. The third-order valence-corrected chi connectivity index (χ3v) is 18.0. The van der Waals surface area contributed by atoms with Crippen LogP contribution in [-0.2, 0) is 5.41 Å². The van der Waals surface area contributed by atoms with Crippen LogP contribution in [-0.4, -0.2) is 0 Å². The van der Waals surface area contributed by atoms with Crippen molar-refractivity contribution < 1.29 is 0 Å². The first-order chi connectivity index (χ1) is 36.9. The van der Waals surface area contributed by atoms with E-state index in [4.69, 9.17) is 0 Å². The maximum Gasteiger partial charge on any atom is 0.131 e. The van der Waals surface area contributed by atoms with Gasteiger partial charge in [-0.1, -0.05) is 109 Å². The van der Waals surface area contributed by atoms with Gasteiger partial charge < -0.3 is 9.80 Å². The second-order valence-corrected chi connectivity index (χ2v) is 22.1. The normalized spacial score (nSPS) is 12.2. The average Bonchev–Trinajstić information content (AvgIpc) is 4.34. The molecule has 6 nitrogen and oxygen atoms in total. The van der Waals surface area contributed by atoms with Crippen LogP contribution < -0.4 is 9.80 Å². The fourth-order valence-corrected chi connectivity index (χ4v) is 15.0. The molecule has 4 aromatic heterocycles. The van der Waals surface area contributed by atoms with Crippen LogP contribution in [0.15, 0.2) is 205 Å². The molecule has 0 fully saturated rings. The lowest BCUT2D eigenvalue weighted by molar-refractivity contribution is 0.801. The van der Waals surface area contributed by atoms with Crippen molar-refractivity contribution in [2.45, 2.75) is 5.41 Å². The molecule has 0 aliphatic heterocycles. The van der Waals surface area contributed by atoms with Gasteiger partial charge in [-0.15, -0.1) is 45.3 Å². The van der Waals surface area contributed by atoms with Gasteiger partial charge in [0.1, 0.15) is 35.4 Å². The number of hydrogen-bond donors (Lipinski definition) is 0. The van der Waals surface area contributed by atoms with Crippen LogP contribution in [0.1, 0.15) is 52.9 Å². The summed E-state index contributed by atoms with van der Waals surface area (Å²) in [6, 6.07) is 75.9. The van der Waals surface area contributed by atoms with Crippen LogP contribution in [0.25, 0.3) is 56.0 Å². The number of fused-ring (bicyclic) bond motifs is 10. The van der Waals surface area contributed by atoms with Gasteiger partial charge >= 0.3 is 0 Å². The van der Waals surface area contributed by atoms with Gasteiger partial charge in [0, 0.05) is 53.6 Å². The standard InChI is InChI=1S/C65H38N6S4/c66-39-45(40-67)33-55-37-59-63(74-55)61-57(35-53(72-61)31-25-43-21-27-51(28-22-43)70(47-13-5-1-6-14-47)48-15-7-2-8-16-48)65(59)58-36-54(73-62(58)64-60(65)38-56(75-64)34-46(41-68)42-69)32-26-44-23-29-52(30-24-44)71(49-17-9-3-10-18-49)50-19-11-4-12-20-50/h1-38H/b31-25+,32-26+. The molecule has 75 heavy (non-hydrogen) atoms. The Kier molecular flexibility index (Phi) is 12.4. The minimum Gasteiger partial charge on any atom is -0.311 e. The highest BCUT2D eigenvalue weighted by Crippen LogP contribution is 2.69. The summed E-state index contributed by atoms with van der Waals surface area (Å²) in [5.74, 6) is 0. The minimum absolute atomic E-state index is 0.0424. The molecule has 2 aliphatic carbocycles. The smallest absolute Gasteiger partial charge is 0.131 e. The molecule has 2 aliphatic rings. The highest BCUT2D eigenvalue weighted by Gasteiger charge is 2.55. The molecular formula is C65H38N6S4. The molecule has 4 heterocycles. The van der Waals surface area contributed by atoms with Crippen LogP contribution in [0, 0.1) is 45.3 Å². The number of anilines is 6. The molecule has 0 amide bonds. The highest BCUT2D eigenvalue weighted by atomic mass is 32.1. The third kappa shape index (κ3) is 8.51. The van der Waals surface area contributed by atoms with Crippen LogP contribution in [0.2, 0.25) is 0 Å². The van der Waals surface area contributed by atoms with E-state index in [0.717, 1.165) is 95.4 Å². The lowest BCUT2D eigenvalue weighted by Crippen LogP contribution is -2.24. The molecule has 352 valence electrons. The minimum atomic E-state index is -0.732. The molecule has 0 saturated carbocycles. The maximum atomic E-state index is 9.84. The van der Waals surface area contributed by atoms with Crippen molar-refractivity contribution in [3.05, 3.63) is 258 Å². The monoisotopic (exact) mass is 1030 g/mol. The molecule has 12 rings (SSSR count). The second kappa shape index (κ2) is 19.9. The van der Waals surface area contributed by atoms with E-state index in [-0.39, 0.29) is 11.1 Å². The van der Waals surface area contributed by atoms with E-state index in [1.165, 1.54) is 11.1 Å². The van der Waals surface area contributed by atoms with Gasteiger partial charge in [0.05, 0.1) is 24.9 Å². The Morgan fingerprint density at radius 3 is 0.893 bits per heavy atom. The zero-order chi connectivity index (χ0) is 50.9. The lowest BCUT2D eigenvalue weighted by atomic mass is 9.72. The number of nitriles is 4. The van der Waals surface area contributed by atoms with Gasteiger partial charge in [-0.2, -0.15) is 21.0 Å². The quantitative estimate of drug-likeness (QED) is 0.113. The predicted octanol–water partition coefficient (Wildman–Crippen LogP) is 18.4. The number of nitrogens with zero attached hydrogens (tertiary/aromatic N) is 6. The van der Waals surface area contributed by atoms with E-state index < -0.39 is 5.41 Å². The Bertz CT molecular complexity index is 3710. The Morgan fingerprint density at radius 1 is 0.333 bits per heavy atom. The summed E-state index contributed by atoms with van der Waals surface area (Å²) in [5.41, 5.74) is 12.4. The molecule has 0 unspecified atom stereocenters. The van der Waals surface area contributed by atoms with Gasteiger partial charge in [0.25, 0.3) is 0 Å². The molecule has 10 aromatic rings. The predicted molar refractivity (Wildman–Crippen MR) is 313 cm³/mol. The Hall–Kier alpha value is -9.36. The van der Waals surface area contributed by atoms with Crippen molar-refractivity contribution in [2.24, 2.45) is 0 Å². The van der Waals surface area contributed by atoms with Gasteiger partial charge in [0.15, 0.2) is 0 Å². The molecule has 1 spiro atoms. The van der Waals surface area contributed by atoms with Crippen LogP contribution in [0.5, 0.6) is 0 Å². The van der Waals surface area contributed by atoms with Crippen LogP contribution in [0.4, 0.5) is 34.1 Å². The number of hydrogen-bond acceptors (Lipinski definition) is 10. The SMILES string of the molecule is N#CC(C#N)=Cc1cc2c(s1)-c1sc(/C=C/c3ccc(N(c4ccccc4)c4ccccc4)cc3)cc1C21c2cc(C=C(C#N)C#N)sc2-c2sc(/C=C/c3ccc(N(c4ccccc4)c4ccccc4)cc3)cc21. The van der Waals surface area contributed by atoms with E-state index in [2.05, 4.69) is 228 Å². The summed E-state index contributed by atoms with van der Waals surface area (Å²) >= 11 is 6.66. The summed E-state index contributed by atoms with van der Waals surface area (Å²) in [6.45, 7) is 0. The topological polar surface area (TPSA) is 102 Å². The zero-order valence-electron chi connectivity index (χ0n) is 39.8. The fraction of sp³-hybridized carbons (Fsp3) is 0.0154. The fourth-order valence-electron chi connectivity index (χ4n) is 10.1. The summed E-state index contributed by atoms with van der Waals surface area (Å²) < 4.78 is 0. The summed E-state index contributed by atoms with van der Waals surface area (Å²) in [4.78, 5) is 12.8. The van der Waals surface area contributed by atoms with Crippen LogP contribution in [0.3, 0.4) is 0 Å². The largest absolute Gasteiger partial charge is 0.311 e. The van der Waals surface area contributed by atoms with E-state index in [1.807, 2.05) is 24.3 Å². The molecule has 0 saturated heterocycles. The number of allylic oxidation sites excluding steroid dienone is 2. The number of benzene rings is 6. The maximum absolute atomic E-state index is 9.84. The molecule has 10 heteroatoms. The number of rotatable bonds is 12. The van der Waals surface area contributed by atoms with E-state index >= 15 is 0 Å². The van der Waals surface area contributed by atoms with Crippen molar-refractivity contribution in [1.29, 1.82) is 21.0 Å². The van der Waals surface area contributed by atoms with Crippen molar-refractivity contribution in [2.75, 3.05) is 9.80 Å². The van der Waals surface area contributed by atoms with Gasteiger partial charge in [0.2, 0.25) is 0 Å². The Balaban J connectivity index is 0.941. The van der Waals surface area contributed by atoms with Crippen molar-refractivity contribution in [3.63, 3.8) is 0 Å². The first kappa shape index (κ1) is 46.7. The molecule has 0 bridgehead atoms. The number of thiophene rings is 4. The number of para-hydroxylation sites is 4.